The van der Waals surface area contributed by atoms with Crippen molar-refractivity contribution in [1.82, 2.24) is 10.2 Å². The Morgan fingerprint density at radius 1 is 1.07 bits per heavy atom. The third-order valence-electron chi connectivity index (χ3n) is 5.09. The number of hydrogen-bond acceptors (Lipinski definition) is 6. The van der Waals surface area contributed by atoms with Gasteiger partial charge in [0.25, 0.3) is 5.91 Å². The Kier molecular flexibility index (Phi) is 4.25. The summed E-state index contributed by atoms with van der Waals surface area (Å²) in [7, 11) is 0. The Hall–Kier alpha value is -3.39. The number of benzene rings is 2. The second kappa shape index (κ2) is 6.84. The van der Waals surface area contributed by atoms with E-state index in [9.17, 15) is 14.0 Å². The van der Waals surface area contributed by atoms with Gasteiger partial charge in [-0.3, -0.25) is 14.5 Å². The molecular formula is C22H16FN3O3S. The summed E-state index contributed by atoms with van der Waals surface area (Å²) in [5.74, 6) is -0.746. The van der Waals surface area contributed by atoms with Crippen LogP contribution in [0.1, 0.15) is 52.5 Å². The average Bonchev–Trinajstić information content (AvgIpc) is 3.33. The smallest absolute Gasteiger partial charge is 0.297 e. The number of carbonyl (C=O) groups is 1. The fraction of sp³-hybridized carbons (Fsp3) is 0.182. The molecule has 4 aromatic rings. The molecule has 6 nitrogen and oxygen atoms in total. The molecule has 0 spiro atoms. The van der Waals surface area contributed by atoms with Crippen molar-refractivity contribution in [3.63, 3.8) is 0 Å². The van der Waals surface area contributed by atoms with Gasteiger partial charge in [0.05, 0.1) is 17.0 Å². The Morgan fingerprint density at radius 3 is 2.50 bits per heavy atom. The number of aromatic nitrogens is 2. The van der Waals surface area contributed by atoms with Crippen LogP contribution in [0.5, 0.6) is 0 Å². The molecule has 5 rings (SSSR count). The zero-order chi connectivity index (χ0) is 21.0. The van der Waals surface area contributed by atoms with Crippen LogP contribution in [0.25, 0.3) is 11.0 Å². The number of rotatable bonds is 3. The van der Waals surface area contributed by atoms with E-state index >= 15 is 0 Å². The average molecular weight is 421 g/mol. The summed E-state index contributed by atoms with van der Waals surface area (Å²) in [4.78, 5) is 28.2. The number of carbonyl (C=O) groups excluding carboxylic acids is 1. The summed E-state index contributed by atoms with van der Waals surface area (Å²) in [5, 5.41) is 9.91. The molecule has 0 N–H and O–H groups in total. The summed E-state index contributed by atoms with van der Waals surface area (Å²) < 4.78 is 19.4. The van der Waals surface area contributed by atoms with Crippen molar-refractivity contribution in [3.05, 3.63) is 86.5 Å². The van der Waals surface area contributed by atoms with Crippen molar-refractivity contribution >= 4 is 33.3 Å². The predicted molar refractivity (Wildman–Crippen MR) is 112 cm³/mol. The van der Waals surface area contributed by atoms with Crippen molar-refractivity contribution in [2.24, 2.45) is 0 Å². The number of anilines is 1. The fourth-order valence-corrected chi connectivity index (χ4v) is 4.51. The number of halogens is 1. The van der Waals surface area contributed by atoms with Crippen LogP contribution in [0.4, 0.5) is 9.52 Å². The minimum Gasteiger partial charge on any atom is -0.450 e. The molecule has 0 saturated heterocycles. The largest absolute Gasteiger partial charge is 0.450 e. The van der Waals surface area contributed by atoms with Crippen LogP contribution in [0, 0.1) is 5.82 Å². The van der Waals surface area contributed by atoms with E-state index in [0.717, 1.165) is 5.01 Å². The molecule has 1 aliphatic rings. The van der Waals surface area contributed by atoms with Crippen molar-refractivity contribution in [2.45, 2.75) is 25.8 Å². The van der Waals surface area contributed by atoms with Gasteiger partial charge >= 0.3 is 0 Å². The molecule has 30 heavy (non-hydrogen) atoms. The van der Waals surface area contributed by atoms with Crippen LogP contribution < -0.4 is 10.3 Å². The van der Waals surface area contributed by atoms with E-state index in [0.29, 0.717) is 21.7 Å². The molecule has 2 aromatic carbocycles. The first-order chi connectivity index (χ1) is 14.5. The molecule has 3 heterocycles. The summed E-state index contributed by atoms with van der Waals surface area (Å²) in [5.41, 5.74) is 0.874. The van der Waals surface area contributed by atoms with E-state index in [1.54, 1.807) is 36.4 Å². The van der Waals surface area contributed by atoms with Gasteiger partial charge in [-0.05, 0) is 29.8 Å². The highest BCUT2D eigenvalue weighted by atomic mass is 32.1. The lowest BCUT2D eigenvalue weighted by molar-refractivity contribution is 0.0970. The van der Waals surface area contributed by atoms with Gasteiger partial charge in [-0.1, -0.05) is 49.4 Å². The number of fused-ring (bicyclic) bond motifs is 2. The van der Waals surface area contributed by atoms with E-state index in [-0.39, 0.29) is 22.7 Å². The third kappa shape index (κ3) is 2.75. The molecule has 8 heteroatoms. The van der Waals surface area contributed by atoms with Gasteiger partial charge in [0, 0.05) is 5.92 Å². The summed E-state index contributed by atoms with van der Waals surface area (Å²) in [6, 6.07) is 11.8. The molecule has 0 saturated carbocycles. The van der Waals surface area contributed by atoms with Crippen molar-refractivity contribution in [1.29, 1.82) is 0 Å². The number of para-hydroxylation sites is 1. The molecule has 1 amide bonds. The highest BCUT2D eigenvalue weighted by molar-refractivity contribution is 7.15. The third-order valence-corrected chi connectivity index (χ3v) is 6.32. The molecule has 0 fully saturated rings. The summed E-state index contributed by atoms with van der Waals surface area (Å²) in [6.07, 6.45) is 0. The van der Waals surface area contributed by atoms with Gasteiger partial charge in [0.15, 0.2) is 5.43 Å². The molecule has 1 aliphatic heterocycles. The number of hydrogen-bond donors (Lipinski definition) is 0. The zero-order valence-electron chi connectivity index (χ0n) is 16.1. The first kappa shape index (κ1) is 18.6. The molecular weight excluding hydrogens is 405 g/mol. The lowest BCUT2D eigenvalue weighted by Gasteiger charge is -2.22. The SMILES string of the molecule is CC(C)c1nnc(N2C(=O)c3oc4ccccc4c(=O)c3[C@H]2c2ccc(F)cc2)s1. The lowest BCUT2D eigenvalue weighted by atomic mass is 9.99. The standard InChI is InChI=1S/C22H16FN3O3S/c1-11(2)20-24-25-22(30-20)26-17(12-7-9-13(23)10-8-12)16-18(27)14-5-3-4-6-15(14)29-19(16)21(26)28/h3-11,17H,1-2H3/t17-/m1/s1. The van der Waals surface area contributed by atoms with E-state index < -0.39 is 17.8 Å². The van der Waals surface area contributed by atoms with E-state index in [2.05, 4.69) is 10.2 Å². The van der Waals surface area contributed by atoms with Crippen molar-refractivity contribution in [3.8, 4) is 0 Å². The first-order valence-electron chi connectivity index (χ1n) is 9.44. The van der Waals surface area contributed by atoms with E-state index in [1.165, 1.54) is 28.4 Å². The summed E-state index contributed by atoms with van der Waals surface area (Å²) in [6.45, 7) is 3.97. The quantitative estimate of drug-likeness (QED) is 0.481. The zero-order valence-corrected chi connectivity index (χ0v) is 16.9. The number of nitrogens with zero attached hydrogens (tertiary/aromatic N) is 3. The fourth-order valence-electron chi connectivity index (χ4n) is 3.63. The van der Waals surface area contributed by atoms with Gasteiger partial charge in [0.1, 0.15) is 16.4 Å². The second-order valence-electron chi connectivity index (χ2n) is 7.38. The Morgan fingerprint density at radius 2 is 1.80 bits per heavy atom. The van der Waals surface area contributed by atoms with Crippen molar-refractivity contribution in [2.75, 3.05) is 4.90 Å². The highest BCUT2D eigenvalue weighted by Gasteiger charge is 2.45. The highest BCUT2D eigenvalue weighted by Crippen LogP contribution is 2.42. The van der Waals surface area contributed by atoms with Gasteiger partial charge in [-0.2, -0.15) is 0 Å². The maximum atomic E-state index is 13.6. The maximum absolute atomic E-state index is 13.6. The van der Waals surface area contributed by atoms with Gasteiger partial charge < -0.3 is 4.42 Å². The summed E-state index contributed by atoms with van der Waals surface area (Å²) >= 11 is 1.29. The number of amides is 1. The monoisotopic (exact) mass is 421 g/mol. The van der Waals surface area contributed by atoms with Crippen LogP contribution in [0.3, 0.4) is 0 Å². The minimum atomic E-state index is -0.776. The van der Waals surface area contributed by atoms with Crippen LogP contribution >= 0.6 is 11.3 Å². The molecule has 0 unspecified atom stereocenters. The maximum Gasteiger partial charge on any atom is 0.297 e. The first-order valence-corrected chi connectivity index (χ1v) is 10.3. The molecule has 0 aliphatic carbocycles. The van der Waals surface area contributed by atoms with Gasteiger partial charge in [0.2, 0.25) is 10.9 Å². The van der Waals surface area contributed by atoms with Crippen LogP contribution in [-0.2, 0) is 0 Å². The Balaban J connectivity index is 1.78. The Bertz CT molecular complexity index is 1340. The molecule has 1 atom stereocenters. The lowest BCUT2D eigenvalue weighted by Crippen LogP contribution is -2.29. The van der Waals surface area contributed by atoms with E-state index in [4.69, 9.17) is 4.42 Å². The van der Waals surface area contributed by atoms with Crippen molar-refractivity contribution < 1.29 is 13.6 Å². The minimum absolute atomic E-state index is 0.0191. The second-order valence-corrected chi connectivity index (χ2v) is 8.36. The van der Waals surface area contributed by atoms with Crippen LogP contribution in [0.15, 0.2) is 57.7 Å². The van der Waals surface area contributed by atoms with Gasteiger partial charge in [-0.15, -0.1) is 10.2 Å². The Labute approximate surface area is 174 Å². The topological polar surface area (TPSA) is 76.3 Å². The molecule has 0 radical (unpaired) electrons. The van der Waals surface area contributed by atoms with Gasteiger partial charge in [-0.25, -0.2) is 4.39 Å². The predicted octanol–water partition coefficient (Wildman–Crippen LogP) is 4.66. The van der Waals surface area contributed by atoms with E-state index in [1.807, 2.05) is 13.8 Å². The molecule has 150 valence electrons. The van der Waals surface area contributed by atoms with Crippen LogP contribution in [0.2, 0.25) is 0 Å². The normalized spacial score (nSPS) is 15.9. The molecule has 0 bridgehead atoms. The molecule has 2 aromatic heterocycles. The van der Waals surface area contributed by atoms with Crippen LogP contribution in [-0.4, -0.2) is 16.1 Å².